The van der Waals surface area contributed by atoms with Gasteiger partial charge in [0.1, 0.15) is 0 Å². The van der Waals surface area contributed by atoms with Crippen molar-refractivity contribution >= 4 is 7.12 Å². The van der Waals surface area contributed by atoms with Crippen LogP contribution < -0.4 is 0 Å². The first-order valence-corrected chi connectivity index (χ1v) is 5.86. The van der Waals surface area contributed by atoms with Crippen molar-refractivity contribution in [1.82, 2.24) is 0 Å². The van der Waals surface area contributed by atoms with Gasteiger partial charge in [-0.3, -0.25) is 0 Å². The fourth-order valence-electron chi connectivity index (χ4n) is 1.57. The van der Waals surface area contributed by atoms with Crippen LogP contribution in [0.25, 0.3) is 0 Å². The van der Waals surface area contributed by atoms with Crippen LogP contribution in [0.3, 0.4) is 0 Å². The minimum atomic E-state index is -0.352. The summed E-state index contributed by atoms with van der Waals surface area (Å²) in [4.78, 5) is 0. The first kappa shape index (κ1) is 14.7. The van der Waals surface area contributed by atoms with Crippen molar-refractivity contribution in [2.24, 2.45) is 0 Å². The largest absolute Gasteiger partial charge is 0.492 e. The highest BCUT2D eigenvalue weighted by molar-refractivity contribution is 6.54. The Balaban J connectivity index is 2.79. The summed E-state index contributed by atoms with van der Waals surface area (Å²) >= 11 is 0. The van der Waals surface area contributed by atoms with Crippen LogP contribution in [0.2, 0.25) is 0 Å². The Bertz CT molecular complexity index is 270. The van der Waals surface area contributed by atoms with E-state index in [1.54, 1.807) is 14.2 Å². The van der Waals surface area contributed by atoms with E-state index in [4.69, 9.17) is 18.8 Å². The number of hydrogen-bond acceptors (Lipinski definition) is 4. The summed E-state index contributed by atoms with van der Waals surface area (Å²) < 4.78 is 22.1. The molecule has 0 aromatic carbocycles. The number of hydrogen-bond donors (Lipinski definition) is 0. The molecule has 1 rings (SSSR count). The standard InChI is InChI=1S/C12H23BO4/c1-11(2)12(3,4)17-13(16-11)10(9-15-6)7-8-14-5/h7H,8-9H2,1-6H3/b10-7+. The summed E-state index contributed by atoms with van der Waals surface area (Å²) in [5.41, 5.74) is 0.322. The maximum absolute atomic E-state index is 5.95. The minimum absolute atomic E-state index is 0.322. The molecule has 0 spiro atoms. The molecular formula is C12H23BO4. The third-order valence-electron chi connectivity index (χ3n) is 3.38. The van der Waals surface area contributed by atoms with Crippen LogP contribution >= 0.6 is 0 Å². The highest BCUT2D eigenvalue weighted by Gasteiger charge is 2.52. The molecule has 0 N–H and O–H groups in total. The Kier molecular flexibility index (Phi) is 4.78. The molecule has 0 radical (unpaired) electrons. The topological polar surface area (TPSA) is 36.9 Å². The van der Waals surface area contributed by atoms with Crippen molar-refractivity contribution < 1.29 is 18.8 Å². The molecule has 0 unspecified atom stereocenters. The Morgan fingerprint density at radius 3 is 2.00 bits per heavy atom. The van der Waals surface area contributed by atoms with E-state index in [0.29, 0.717) is 13.2 Å². The Morgan fingerprint density at radius 1 is 1.06 bits per heavy atom. The van der Waals surface area contributed by atoms with E-state index < -0.39 is 0 Å². The van der Waals surface area contributed by atoms with E-state index in [1.165, 1.54) is 0 Å². The van der Waals surface area contributed by atoms with Gasteiger partial charge in [-0.15, -0.1) is 0 Å². The molecule has 0 atom stereocenters. The highest BCUT2D eigenvalue weighted by atomic mass is 16.7. The zero-order chi connectivity index (χ0) is 13.1. The first-order valence-electron chi connectivity index (χ1n) is 5.86. The smallest absolute Gasteiger partial charge is 0.400 e. The molecule has 0 aromatic rings. The van der Waals surface area contributed by atoms with E-state index in [1.807, 2.05) is 33.8 Å². The molecule has 1 heterocycles. The van der Waals surface area contributed by atoms with E-state index in [-0.39, 0.29) is 18.3 Å². The number of ether oxygens (including phenoxy) is 2. The predicted molar refractivity (Wildman–Crippen MR) is 67.9 cm³/mol. The van der Waals surface area contributed by atoms with E-state index in [2.05, 4.69) is 0 Å². The summed E-state index contributed by atoms with van der Waals surface area (Å²) in [6, 6.07) is 0. The van der Waals surface area contributed by atoms with Crippen molar-refractivity contribution in [3.63, 3.8) is 0 Å². The number of methoxy groups -OCH3 is 2. The Hall–Kier alpha value is -0.355. The van der Waals surface area contributed by atoms with Gasteiger partial charge in [-0.05, 0) is 33.2 Å². The molecule has 0 aromatic heterocycles. The molecule has 1 saturated heterocycles. The fraction of sp³-hybridized carbons (Fsp3) is 0.833. The maximum atomic E-state index is 5.95. The highest BCUT2D eigenvalue weighted by Crippen LogP contribution is 2.38. The van der Waals surface area contributed by atoms with Crippen LogP contribution in [0.15, 0.2) is 11.5 Å². The zero-order valence-electron chi connectivity index (χ0n) is 11.7. The number of rotatable bonds is 5. The molecule has 0 amide bonds. The summed E-state index contributed by atoms with van der Waals surface area (Å²) in [6.07, 6.45) is 1.95. The molecule has 0 bridgehead atoms. The van der Waals surface area contributed by atoms with Gasteiger partial charge < -0.3 is 18.8 Å². The van der Waals surface area contributed by atoms with Crippen LogP contribution in [-0.4, -0.2) is 45.8 Å². The van der Waals surface area contributed by atoms with Gasteiger partial charge in [-0.25, -0.2) is 0 Å². The summed E-state index contributed by atoms with van der Waals surface area (Å²) in [5, 5.41) is 0. The second kappa shape index (κ2) is 5.52. The first-order chi connectivity index (χ1) is 7.84. The van der Waals surface area contributed by atoms with Crippen molar-refractivity contribution in [3.05, 3.63) is 11.5 Å². The summed E-state index contributed by atoms with van der Waals surface area (Å²) in [6.45, 7) is 9.16. The van der Waals surface area contributed by atoms with Gasteiger partial charge in [0.2, 0.25) is 0 Å². The van der Waals surface area contributed by atoms with Crippen LogP contribution in [0.4, 0.5) is 0 Å². The van der Waals surface area contributed by atoms with Gasteiger partial charge in [-0.1, -0.05) is 6.08 Å². The second-order valence-corrected chi connectivity index (χ2v) is 5.26. The average Bonchev–Trinajstić information content (AvgIpc) is 2.43. The Morgan fingerprint density at radius 2 is 1.59 bits per heavy atom. The maximum Gasteiger partial charge on any atom is 0.492 e. The molecule has 0 saturated carbocycles. The lowest BCUT2D eigenvalue weighted by atomic mass is 9.78. The second-order valence-electron chi connectivity index (χ2n) is 5.26. The fourth-order valence-corrected chi connectivity index (χ4v) is 1.57. The quantitative estimate of drug-likeness (QED) is 0.689. The third kappa shape index (κ3) is 3.31. The van der Waals surface area contributed by atoms with Crippen molar-refractivity contribution in [3.8, 4) is 0 Å². The van der Waals surface area contributed by atoms with Crippen LogP contribution in [0.5, 0.6) is 0 Å². The lowest BCUT2D eigenvalue weighted by molar-refractivity contribution is 0.00578. The van der Waals surface area contributed by atoms with Gasteiger partial charge in [0.25, 0.3) is 0 Å². The molecule has 5 heteroatoms. The molecule has 17 heavy (non-hydrogen) atoms. The van der Waals surface area contributed by atoms with Crippen LogP contribution in [0.1, 0.15) is 27.7 Å². The monoisotopic (exact) mass is 242 g/mol. The summed E-state index contributed by atoms with van der Waals surface area (Å²) in [5.74, 6) is 0. The van der Waals surface area contributed by atoms with Crippen molar-refractivity contribution in [1.29, 1.82) is 0 Å². The minimum Gasteiger partial charge on any atom is -0.400 e. The van der Waals surface area contributed by atoms with Crippen LogP contribution in [0, 0.1) is 0 Å². The molecule has 98 valence electrons. The zero-order valence-corrected chi connectivity index (χ0v) is 11.7. The molecule has 0 aliphatic carbocycles. The van der Waals surface area contributed by atoms with Gasteiger partial charge in [-0.2, -0.15) is 0 Å². The SMILES string of the molecule is COC/C=C(\COC)B1OC(C)(C)C(C)(C)O1. The van der Waals surface area contributed by atoms with E-state index in [0.717, 1.165) is 5.47 Å². The van der Waals surface area contributed by atoms with Crippen molar-refractivity contribution in [2.75, 3.05) is 27.4 Å². The van der Waals surface area contributed by atoms with Crippen LogP contribution in [-0.2, 0) is 18.8 Å². The molecule has 1 fully saturated rings. The molecular weight excluding hydrogens is 219 g/mol. The summed E-state index contributed by atoms with van der Waals surface area (Å²) in [7, 11) is 2.96. The van der Waals surface area contributed by atoms with Gasteiger partial charge in [0.05, 0.1) is 24.4 Å². The van der Waals surface area contributed by atoms with Gasteiger partial charge in [0.15, 0.2) is 0 Å². The van der Waals surface area contributed by atoms with E-state index >= 15 is 0 Å². The van der Waals surface area contributed by atoms with Crippen molar-refractivity contribution in [2.45, 2.75) is 38.9 Å². The average molecular weight is 242 g/mol. The van der Waals surface area contributed by atoms with Gasteiger partial charge in [0, 0.05) is 14.2 Å². The predicted octanol–water partition coefficient (Wildman–Crippen LogP) is 1.84. The third-order valence-corrected chi connectivity index (χ3v) is 3.38. The molecule has 4 nitrogen and oxygen atoms in total. The normalized spacial score (nSPS) is 23.2. The van der Waals surface area contributed by atoms with Gasteiger partial charge >= 0.3 is 7.12 Å². The lowest BCUT2D eigenvalue weighted by Gasteiger charge is -2.32. The molecule has 1 aliphatic heterocycles. The Labute approximate surface area is 104 Å². The molecule has 1 aliphatic rings. The van der Waals surface area contributed by atoms with E-state index in [9.17, 15) is 0 Å². The lowest BCUT2D eigenvalue weighted by Crippen LogP contribution is -2.41.